The first-order chi connectivity index (χ1) is 10.2. The number of benzene rings is 2. The van der Waals surface area contributed by atoms with Crippen LogP contribution in [-0.4, -0.2) is 18.3 Å². The zero-order valence-corrected chi connectivity index (χ0v) is 12.2. The van der Waals surface area contributed by atoms with Gasteiger partial charge in [-0.2, -0.15) is 0 Å². The van der Waals surface area contributed by atoms with Crippen LogP contribution in [0.4, 0.5) is 5.69 Å². The monoisotopic (exact) mass is 287 g/mol. The molecule has 0 spiro atoms. The van der Waals surface area contributed by atoms with E-state index in [0.29, 0.717) is 29.4 Å². The van der Waals surface area contributed by atoms with Crippen LogP contribution in [-0.2, 0) is 0 Å². The summed E-state index contributed by atoms with van der Waals surface area (Å²) in [5, 5.41) is 10.2. The van der Waals surface area contributed by atoms with Crippen LogP contribution in [0.1, 0.15) is 25.0 Å². The second-order valence-electron chi connectivity index (χ2n) is 4.75. The third-order valence-corrected chi connectivity index (χ3v) is 3.06. The summed E-state index contributed by atoms with van der Waals surface area (Å²) >= 11 is 0. The summed E-state index contributed by atoms with van der Waals surface area (Å²) in [5.74, 6) is 1.31. The number of rotatable bonds is 7. The van der Waals surface area contributed by atoms with Crippen LogP contribution in [0, 0.1) is 0 Å². The van der Waals surface area contributed by atoms with Gasteiger partial charge in [0.2, 0.25) is 0 Å². The number of anilines is 1. The highest BCUT2D eigenvalue weighted by atomic mass is 16.5. The van der Waals surface area contributed by atoms with Crippen molar-refractivity contribution in [3.63, 3.8) is 0 Å². The fourth-order valence-corrected chi connectivity index (χ4v) is 1.97. The SMILES string of the molecule is CCCOc1ccccc1OCC(O)c1ccccc1N. The minimum Gasteiger partial charge on any atom is -0.490 e. The Morgan fingerprint density at radius 2 is 1.62 bits per heavy atom. The van der Waals surface area contributed by atoms with E-state index in [0.717, 1.165) is 6.42 Å². The van der Waals surface area contributed by atoms with E-state index in [1.807, 2.05) is 43.3 Å². The van der Waals surface area contributed by atoms with E-state index < -0.39 is 6.10 Å². The molecule has 0 aliphatic rings. The maximum Gasteiger partial charge on any atom is 0.161 e. The minimum absolute atomic E-state index is 0.126. The molecular weight excluding hydrogens is 266 g/mol. The average Bonchev–Trinajstić information content (AvgIpc) is 2.52. The average molecular weight is 287 g/mol. The van der Waals surface area contributed by atoms with Gasteiger partial charge in [0, 0.05) is 11.3 Å². The number of para-hydroxylation sites is 3. The molecule has 4 nitrogen and oxygen atoms in total. The Labute approximate surface area is 125 Å². The van der Waals surface area contributed by atoms with E-state index in [1.54, 1.807) is 12.1 Å². The molecule has 0 fully saturated rings. The number of nitrogens with two attached hydrogens (primary N) is 1. The van der Waals surface area contributed by atoms with Crippen LogP contribution >= 0.6 is 0 Å². The summed E-state index contributed by atoms with van der Waals surface area (Å²) in [6.45, 7) is 2.81. The number of nitrogen functional groups attached to an aromatic ring is 1. The van der Waals surface area contributed by atoms with E-state index in [-0.39, 0.29) is 6.61 Å². The molecule has 2 rings (SSSR count). The first kappa shape index (κ1) is 15.2. The van der Waals surface area contributed by atoms with Crippen molar-refractivity contribution >= 4 is 5.69 Å². The summed E-state index contributed by atoms with van der Waals surface area (Å²) in [6.07, 6.45) is 0.155. The third kappa shape index (κ3) is 4.13. The maximum atomic E-state index is 10.2. The lowest BCUT2D eigenvalue weighted by Gasteiger charge is -2.16. The molecule has 0 aliphatic heterocycles. The van der Waals surface area contributed by atoms with Gasteiger partial charge in [-0.05, 0) is 24.6 Å². The lowest BCUT2D eigenvalue weighted by Crippen LogP contribution is -2.12. The van der Waals surface area contributed by atoms with Crippen molar-refractivity contribution in [3.8, 4) is 11.5 Å². The van der Waals surface area contributed by atoms with Gasteiger partial charge >= 0.3 is 0 Å². The summed E-state index contributed by atoms with van der Waals surface area (Å²) < 4.78 is 11.3. The van der Waals surface area contributed by atoms with Gasteiger partial charge in [-0.1, -0.05) is 37.3 Å². The topological polar surface area (TPSA) is 64.7 Å². The Hall–Kier alpha value is -2.20. The van der Waals surface area contributed by atoms with Gasteiger partial charge in [0.15, 0.2) is 11.5 Å². The second kappa shape index (κ2) is 7.55. The molecular formula is C17H21NO3. The van der Waals surface area contributed by atoms with E-state index in [1.165, 1.54) is 0 Å². The molecule has 1 atom stereocenters. The van der Waals surface area contributed by atoms with E-state index in [9.17, 15) is 5.11 Å². The van der Waals surface area contributed by atoms with Crippen molar-refractivity contribution in [1.29, 1.82) is 0 Å². The van der Waals surface area contributed by atoms with Crippen LogP contribution in [0.3, 0.4) is 0 Å². The lowest BCUT2D eigenvalue weighted by molar-refractivity contribution is 0.106. The number of aliphatic hydroxyl groups excluding tert-OH is 1. The van der Waals surface area contributed by atoms with E-state index in [4.69, 9.17) is 15.2 Å². The first-order valence-corrected chi connectivity index (χ1v) is 7.09. The highest BCUT2D eigenvalue weighted by molar-refractivity contribution is 5.47. The van der Waals surface area contributed by atoms with Crippen molar-refractivity contribution in [3.05, 3.63) is 54.1 Å². The van der Waals surface area contributed by atoms with E-state index >= 15 is 0 Å². The molecule has 0 heterocycles. The van der Waals surface area contributed by atoms with Crippen molar-refractivity contribution in [2.45, 2.75) is 19.4 Å². The Morgan fingerprint density at radius 3 is 2.29 bits per heavy atom. The van der Waals surface area contributed by atoms with Gasteiger partial charge in [-0.25, -0.2) is 0 Å². The van der Waals surface area contributed by atoms with Crippen molar-refractivity contribution in [2.75, 3.05) is 18.9 Å². The van der Waals surface area contributed by atoms with E-state index in [2.05, 4.69) is 0 Å². The number of hydrogen-bond acceptors (Lipinski definition) is 4. The molecule has 21 heavy (non-hydrogen) atoms. The molecule has 2 aromatic rings. The molecule has 0 radical (unpaired) electrons. The third-order valence-electron chi connectivity index (χ3n) is 3.06. The van der Waals surface area contributed by atoms with Gasteiger partial charge in [-0.15, -0.1) is 0 Å². The first-order valence-electron chi connectivity index (χ1n) is 7.09. The molecule has 0 aliphatic carbocycles. The number of hydrogen-bond donors (Lipinski definition) is 2. The molecule has 0 bridgehead atoms. The van der Waals surface area contributed by atoms with Gasteiger partial charge in [0.1, 0.15) is 12.7 Å². The molecule has 4 heteroatoms. The Kier molecular flexibility index (Phi) is 5.46. The number of ether oxygens (including phenoxy) is 2. The summed E-state index contributed by atoms with van der Waals surface area (Å²) in [7, 11) is 0. The predicted octanol–water partition coefficient (Wildman–Crippen LogP) is 3.17. The van der Waals surface area contributed by atoms with Gasteiger partial charge in [0.25, 0.3) is 0 Å². The lowest BCUT2D eigenvalue weighted by atomic mass is 10.1. The quantitative estimate of drug-likeness (QED) is 0.768. The van der Waals surface area contributed by atoms with Gasteiger partial charge in [0.05, 0.1) is 6.61 Å². The maximum absolute atomic E-state index is 10.2. The smallest absolute Gasteiger partial charge is 0.161 e. The van der Waals surface area contributed by atoms with Gasteiger partial charge in [-0.3, -0.25) is 0 Å². The highest BCUT2D eigenvalue weighted by Crippen LogP contribution is 2.28. The molecule has 0 saturated carbocycles. The molecule has 0 aromatic heterocycles. The molecule has 0 amide bonds. The minimum atomic E-state index is -0.773. The zero-order valence-electron chi connectivity index (χ0n) is 12.2. The normalized spacial score (nSPS) is 11.9. The van der Waals surface area contributed by atoms with Crippen LogP contribution in [0.5, 0.6) is 11.5 Å². The molecule has 3 N–H and O–H groups in total. The number of aliphatic hydroxyl groups is 1. The van der Waals surface area contributed by atoms with Crippen molar-refractivity contribution in [1.82, 2.24) is 0 Å². The molecule has 0 saturated heterocycles. The fourth-order valence-electron chi connectivity index (χ4n) is 1.97. The molecule has 1 unspecified atom stereocenters. The fraction of sp³-hybridized carbons (Fsp3) is 0.294. The molecule has 112 valence electrons. The predicted molar refractivity (Wildman–Crippen MR) is 83.5 cm³/mol. The van der Waals surface area contributed by atoms with Gasteiger partial charge < -0.3 is 20.3 Å². The second-order valence-corrected chi connectivity index (χ2v) is 4.75. The summed E-state index contributed by atoms with van der Waals surface area (Å²) in [4.78, 5) is 0. The molecule has 2 aromatic carbocycles. The van der Waals surface area contributed by atoms with Crippen LogP contribution in [0.25, 0.3) is 0 Å². The Bertz CT molecular complexity index is 571. The van der Waals surface area contributed by atoms with Crippen LogP contribution in [0.2, 0.25) is 0 Å². The van der Waals surface area contributed by atoms with Crippen LogP contribution in [0.15, 0.2) is 48.5 Å². The van der Waals surface area contributed by atoms with Crippen molar-refractivity contribution in [2.24, 2.45) is 0 Å². The summed E-state index contributed by atoms with van der Waals surface area (Å²) in [6, 6.07) is 14.7. The highest BCUT2D eigenvalue weighted by Gasteiger charge is 2.12. The Morgan fingerprint density at radius 1 is 1.00 bits per heavy atom. The largest absolute Gasteiger partial charge is 0.490 e. The summed E-state index contributed by atoms with van der Waals surface area (Å²) in [5.41, 5.74) is 7.08. The van der Waals surface area contributed by atoms with Crippen LogP contribution < -0.4 is 15.2 Å². The zero-order chi connectivity index (χ0) is 15.1. The standard InChI is InChI=1S/C17H21NO3/c1-2-11-20-16-9-5-6-10-17(16)21-12-15(19)13-7-3-4-8-14(13)18/h3-10,15,19H,2,11-12,18H2,1H3. The van der Waals surface area contributed by atoms with Crippen molar-refractivity contribution < 1.29 is 14.6 Å². The Balaban J connectivity index is 2.01.